The number of benzene rings is 1. The molecule has 0 saturated heterocycles. The van der Waals surface area contributed by atoms with Gasteiger partial charge in [0.25, 0.3) is 0 Å². The van der Waals surface area contributed by atoms with E-state index in [4.69, 9.17) is 16.3 Å². The van der Waals surface area contributed by atoms with Crippen LogP contribution in [0.3, 0.4) is 0 Å². The van der Waals surface area contributed by atoms with E-state index in [9.17, 15) is 5.11 Å². The number of thiazole rings is 1. The molecule has 1 heterocycles. The van der Waals surface area contributed by atoms with Crippen LogP contribution in [-0.4, -0.2) is 10.1 Å². The first-order chi connectivity index (χ1) is 8.61. The number of aromatic nitrogens is 1. The average Bonchev–Trinajstić information content (AvgIpc) is 2.66. The molecule has 0 aliphatic rings. The van der Waals surface area contributed by atoms with Gasteiger partial charge in [-0.05, 0) is 26.0 Å². The Hall–Kier alpha value is -1.10. The van der Waals surface area contributed by atoms with Crippen molar-refractivity contribution >= 4 is 22.9 Å². The number of hydrogen-bond donors (Lipinski definition) is 1. The maximum absolute atomic E-state index is 9.27. The molecule has 5 heteroatoms. The fraction of sp³-hybridized carbons (Fsp3) is 0.308. The van der Waals surface area contributed by atoms with Gasteiger partial charge in [0, 0.05) is 15.5 Å². The zero-order chi connectivity index (χ0) is 13.1. The monoisotopic (exact) mass is 283 g/mol. The van der Waals surface area contributed by atoms with Gasteiger partial charge in [0.1, 0.15) is 17.4 Å². The summed E-state index contributed by atoms with van der Waals surface area (Å²) in [7, 11) is 0. The zero-order valence-corrected chi connectivity index (χ0v) is 11.8. The van der Waals surface area contributed by atoms with Crippen LogP contribution in [-0.2, 0) is 13.2 Å². The highest BCUT2D eigenvalue weighted by Crippen LogP contribution is 2.27. The van der Waals surface area contributed by atoms with Gasteiger partial charge in [0.05, 0.1) is 12.3 Å². The molecule has 0 spiro atoms. The third-order valence-corrected chi connectivity index (χ3v) is 4.06. The van der Waals surface area contributed by atoms with Crippen molar-refractivity contribution < 1.29 is 9.84 Å². The van der Waals surface area contributed by atoms with E-state index in [2.05, 4.69) is 4.98 Å². The second-order valence-electron chi connectivity index (χ2n) is 3.91. The van der Waals surface area contributed by atoms with Crippen LogP contribution in [0.2, 0.25) is 5.02 Å². The molecule has 1 N–H and O–H groups in total. The molecule has 2 rings (SSSR count). The quantitative estimate of drug-likeness (QED) is 0.934. The molecule has 2 aromatic rings. The Balaban J connectivity index is 2.13. The molecule has 1 aromatic heterocycles. The average molecular weight is 284 g/mol. The van der Waals surface area contributed by atoms with Crippen LogP contribution in [0.1, 0.15) is 21.1 Å². The van der Waals surface area contributed by atoms with Crippen molar-refractivity contribution in [1.29, 1.82) is 0 Å². The van der Waals surface area contributed by atoms with E-state index >= 15 is 0 Å². The van der Waals surface area contributed by atoms with Gasteiger partial charge in [0.2, 0.25) is 0 Å². The fourth-order valence-corrected chi connectivity index (χ4v) is 2.64. The third kappa shape index (κ3) is 2.83. The van der Waals surface area contributed by atoms with Crippen LogP contribution in [0.15, 0.2) is 18.2 Å². The summed E-state index contributed by atoms with van der Waals surface area (Å²) in [5, 5.41) is 10.7. The lowest BCUT2D eigenvalue weighted by atomic mass is 10.2. The molecule has 3 nitrogen and oxygen atoms in total. The first-order valence-electron chi connectivity index (χ1n) is 5.55. The highest BCUT2D eigenvalue weighted by molar-refractivity contribution is 7.11. The highest BCUT2D eigenvalue weighted by Gasteiger charge is 2.09. The first-order valence-corrected chi connectivity index (χ1v) is 6.75. The molecular weight excluding hydrogens is 270 g/mol. The molecule has 0 amide bonds. The molecule has 0 unspecified atom stereocenters. The van der Waals surface area contributed by atoms with Crippen LogP contribution < -0.4 is 4.74 Å². The van der Waals surface area contributed by atoms with E-state index in [-0.39, 0.29) is 6.61 Å². The molecular formula is C13H14ClNO2S. The first kappa shape index (κ1) is 13.3. The topological polar surface area (TPSA) is 42.4 Å². The summed E-state index contributed by atoms with van der Waals surface area (Å²) in [5.41, 5.74) is 1.65. The second-order valence-corrected chi connectivity index (χ2v) is 5.61. The van der Waals surface area contributed by atoms with Gasteiger partial charge in [0.15, 0.2) is 0 Å². The van der Waals surface area contributed by atoms with E-state index < -0.39 is 0 Å². The number of aryl methyl sites for hydroxylation is 2. The number of nitrogens with zero attached hydrogens (tertiary/aromatic N) is 1. The summed E-state index contributed by atoms with van der Waals surface area (Å²) < 4.78 is 5.67. The Morgan fingerprint density at radius 2 is 2.17 bits per heavy atom. The molecule has 0 aliphatic carbocycles. The molecule has 0 fully saturated rings. The van der Waals surface area contributed by atoms with Gasteiger partial charge >= 0.3 is 0 Å². The van der Waals surface area contributed by atoms with Crippen LogP contribution in [0.5, 0.6) is 5.75 Å². The predicted octanol–water partition coefficient (Wildman–Crippen LogP) is 3.48. The summed E-state index contributed by atoms with van der Waals surface area (Å²) in [4.78, 5) is 5.60. The molecule has 1 aromatic carbocycles. The van der Waals surface area contributed by atoms with Crippen molar-refractivity contribution in [1.82, 2.24) is 4.98 Å². The zero-order valence-electron chi connectivity index (χ0n) is 10.2. The molecule has 18 heavy (non-hydrogen) atoms. The lowest BCUT2D eigenvalue weighted by Gasteiger charge is -2.09. The summed E-state index contributed by atoms with van der Waals surface area (Å²) in [6.45, 7) is 4.28. The van der Waals surface area contributed by atoms with Crippen LogP contribution >= 0.6 is 22.9 Å². The molecule has 0 saturated carbocycles. The van der Waals surface area contributed by atoms with E-state index in [1.165, 1.54) is 4.88 Å². The molecule has 96 valence electrons. The van der Waals surface area contributed by atoms with Crippen LogP contribution in [0, 0.1) is 13.8 Å². The molecule has 0 aliphatic heterocycles. The number of rotatable bonds is 4. The number of ether oxygens (including phenoxy) is 1. The van der Waals surface area contributed by atoms with Crippen molar-refractivity contribution in [2.24, 2.45) is 0 Å². The fourth-order valence-electron chi connectivity index (χ4n) is 1.57. The predicted molar refractivity (Wildman–Crippen MR) is 73.3 cm³/mol. The van der Waals surface area contributed by atoms with E-state index in [1.54, 1.807) is 29.5 Å². The van der Waals surface area contributed by atoms with Crippen molar-refractivity contribution in [2.75, 3.05) is 0 Å². The van der Waals surface area contributed by atoms with Crippen molar-refractivity contribution in [2.45, 2.75) is 27.1 Å². The van der Waals surface area contributed by atoms with Gasteiger partial charge < -0.3 is 9.84 Å². The minimum atomic E-state index is -0.134. The standard InChI is InChI=1S/C13H14ClNO2S/c1-8-9(2)18-13(15-8)7-17-12-5-3-4-11(14)10(12)6-16/h3-5,16H,6-7H2,1-2H3. The maximum Gasteiger partial charge on any atom is 0.140 e. The Bertz CT molecular complexity index is 534. The minimum absolute atomic E-state index is 0.134. The maximum atomic E-state index is 9.27. The largest absolute Gasteiger partial charge is 0.486 e. The Kier molecular flexibility index (Phi) is 4.22. The normalized spacial score (nSPS) is 10.7. The molecule has 0 bridgehead atoms. The SMILES string of the molecule is Cc1nc(COc2cccc(Cl)c2CO)sc1C. The van der Waals surface area contributed by atoms with Crippen LogP contribution in [0.25, 0.3) is 0 Å². The number of halogens is 1. The highest BCUT2D eigenvalue weighted by atomic mass is 35.5. The lowest BCUT2D eigenvalue weighted by molar-refractivity contribution is 0.259. The molecule has 0 radical (unpaired) electrons. The van der Waals surface area contributed by atoms with Crippen LogP contribution in [0.4, 0.5) is 0 Å². The van der Waals surface area contributed by atoms with E-state index in [0.29, 0.717) is 22.9 Å². The van der Waals surface area contributed by atoms with Crippen molar-refractivity contribution in [3.63, 3.8) is 0 Å². The van der Waals surface area contributed by atoms with Crippen molar-refractivity contribution in [3.8, 4) is 5.75 Å². The number of aliphatic hydroxyl groups excluding tert-OH is 1. The van der Waals surface area contributed by atoms with Gasteiger partial charge in [-0.3, -0.25) is 0 Å². The Labute approximate surface area is 115 Å². The van der Waals surface area contributed by atoms with E-state index in [0.717, 1.165) is 10.7 Å². The van der Waals surface area contributed by atoms with Gasteiger partial charge in [-0.15, -0.1) is 11.3 Å². The van der Waals surface area contributed by atoms with Gasteiger partial charge in [-0.25, -0.2) is 4.98 Å². The van der Waals surface area contributed by atoms with E-state index in [1.807, 2.05) is 13.8 Å². The second kappa shape index (κ2) is 5.69. The Morgan fingerprint density at radius 3 is 2.78 bits per heavy atom. The number of aliphatic hydroxyl groups is 1. The van der Waals surface area contributed by atoms with Gasteiger partial charge in [-0.2, -0.15) is 0 Å². The van der Waals surface area contributed by atoms with Gasteiger partial charge in [-0.1, -0.05) is 17.7 Å². The van der Waals surface area contributed by atoms with Crippen molar-refractivity contribution in [3.05, 3.63) is 44.4 Å². The minimum Gasteiger partial charge on any atom is -0.486 e. The number of hydrogen-bond acceptors (Lipinski definition) is 4. The lowest BCUT2D eigenvalue weighted by Crippen LogP contribution is -1.99. The summed E-state index contributed by atoms with van der Waals surface area (Å²) in [5.74, 6) is 0.607. The third-order valence-electron chi connectivity index (χ3n) is 2.66. The summed E-state index contributed by atoms with van der Waals surface area (Å²) >= 11 is 7.61. The summed E-state index contributed by atoms with van der Waals surface area (Å²) in [6, 6.07) is 5.33. The molecule has 0 atom stereocenters. The Morgan fingerprint density at radius 1 is 1.39 bits per heavy atom. The smallest absolute Gasteiger partial charge is 0.140 e. The summed E-state index contributed by atoms with van der Waals surface area (Å²) in [6.07, 6.45) is 0.